The van der Waals surface area contributed by atoms with Crippen LogP contribution >= 0.6 is 12.4 Å². The van der Waals surface area contributed by atoms with Crippen LogP contribution in [0.3, 0.4) is 0 Å². The van der Waals surface area contributed by atoms with E-state index in [2.05, 4.69) is 6.07 Å². The smallest absolute Gasteiger partial charge is 0.124 e. The van der Waals surface area contributed by atoms with Crippen molar-refractivity contribution in [2.75, 3.05) is 18.9 Å². The summed E-state index contributed by atoms with van der Waals surface area (Å²) in [5.41, 5.74) is 14.8. The van der Waals surface area contributed by atoms with Gasteiger partial charge in [0.2, 0.25) is 0 Å². The normalized spacial score (nSPS) is 11.2. The van der Waals surface area contributed by atoms with Gasteiger partial charge in [0.05, 0.1) is 30.9 Å². The molecular weight excluding hydrogens is 338 g/mol. The Hall–Kier alpha value is -2.26. The Morgan fingerprint density at radius 2 is 1.92 bits per heavy atom. The van der Waals surface area contributed by atoms with Crippen LogP contribution in [0.2, 0.25) is 0 Å². The summed E-state index contributed by atoms with van der Waals surface area (Å²) < 4.78 is 5.80. The van der Waals surface area contributed by atoms with Gasteiger partial charge in [0.25, 0.3) is 0 Å². The molecular formula is C19H24ClN3O2. The fourth-order valence-corrected chi connectivity index (χ4v) is 2.55. The van der Waals surface area contributed by atoms with Gasteiger partial charge in [-0.15, -0.1) is 12.4 Å². The Kier molecular flexibility index (Phi) is 8.79. The molecule has 0 bridgehead atoms. The Balaban J connectivity index is 0.00000312. The number of para-hydroxylation sites is 1. The number of aliphatic hydroxyl groups is 1. The minimum atomic E-state index is -0.438. The van der Waals surface area contributed by atoms with Crippen molar-refractivity contribution in [3.63, 3.8) is 0 Å². The van der Waals surface area contributed by atoms with Gasteiger partial charge in [0.15, 0.2) is 0 Å². The number of aliphatic hydroxyl groups excluding tert-OH is 1. The van der Waals surface area contributed by atoms with Gasteiger partial charge in [-0.1, -0.05) is 18.2 Å². The van der Waals surface area contributed by atoms with Gasteiger partial charge < -0.3 is 21.3 Å². The number of nitrogens with zero attached hydrogens (tertiary/aromatic N) is 1. The first-order valence-electron chi connectivity index (χ1n) is 8.02. The van der Waals surface area contributed by atoms with Crippen LogP contribution in [0.25, 0.3) is 0 Å². The zero-order chi connectivity index (χ0) is 17.4. The fraction of sp³-hybridized carbons (Fsp3) is 0.316. The third-order valence-corrected chi connectivity index (χ3v) is 3.86. The highest BCUT2D eigenvalue weighted by atomic mass is 35.5. The van der Waals surface area contributed by atoms with Gasteiger partial charge >= 0.3 is 0 Å². The molecule has 1 atom stereocenters. The Labute approximate surface area is 154 Å². The number of halogens is 1. The van der Waals surface area contributed by atoms with Crippen molar-refractivity contribution in [2.24, 2.45) is 5.73 Å². The molecule has 0 amide bonds. The second-order valence-electron chi connectivity index (χ2n) is 5.66. The van der Waals surface area contributed by atoms with Crippen LogP contribution in [-0.4, -0.2) is 18.3 Å². The molecule has 5 N–H and O–H groups in total. The van der Waals surface area contributed by atoms with Gasteiger partial charge in [-0.2, -0.15) is 5.26 Å². The molecule has 2 aromatic carbocycles. The van der Waals surface area contributed by atoms with E-state index in [9.17, 15) is 5.11 Å². The lowest BCUT2D eigenvalue weighted by Crippen LogP contribution is -2.16. The molecule has 0 aliphatic carbocycles. The number of hydrogen-bond donors (Lipinski definition) is 3. The monoisotopic (exact) mass is 361 g/mol. The maximum atomic E-state index is 9.20. The fourth-order valence-electron chi connectivity index (χ4n) is 2.55. The van der Waals surface area contributed by atoms with Crippen LogP contribution < -0.4 is 16.2 Å². The number of hydrogen-bond acceptors (Lipinski definition) is 5. The molecule has 0 saturated heterocycles. The number of anilines is 1. The first kappa shape index (κ1) is 20.8. The molecule has 0 saturated carbocycles. The van der Waals surface area contributed by atoms with Crippen LogP contribution in [-0.2, 0) is 6.42 Å². The van der Waals surface area contributed by atoms with E-state index in [1.54, 1.807) is 12.1 Å². The number of unbranched alkanes of at least 4 members (excludes halogenated alkanes) is 1. The second kappa shape index (κ2) is 10.6. The van der Waals surface area contributed by atoms with Crippen LogP contribution in [0.15, 0.2) is 42.5 Å². The number of aryl methyl sites for hydroxylation is 1. The molecule has 2 rings (SSSR count). The lowest BCUT2D eigenvalue weighted by Gasteiger charge is -2.15. The Morgan fingerprint density at radius 1 is 1.16 bits per heavy atom. The van der Waals surface area contributed by atoms with Crippen molar-refractivity contribution in [3.05, 3.63) is 59.2 Å². The Bertz CT molecular complexity index is 716. The number of benzene rings is 2. The lowest BCUT2D eigenvalue weighted by molar-refractivity contribution is 0.258. The molecule has 0 fully saturated rings. The van der Waals surface area contributed by atoms with E-state index in [-0.39, 0.29) is 19.0 Å². The number of nitrogen functional groups attached to an aromatic ring is 1. The highest BCUT2D eigenvalue weighted by molar-refractivity contribution is 5.85. The van der Waals surface area contributed by atoms with Crippen LogP contribution in [0, 0.1) is 11.3 Å². The second-order valence-corrected chi connectivity index (χ2v) is 5.66. The first-order valence-corrected chi connectivity index (χ1v) is 8.02. The molecule has 0 aliphatic rings. The molecule has 5 nitrogen and oxygen atoms in total. The standard InChI is InChI=1S/C19H23N3O2.ClH/c20-12-15-8-9-16(21)11-14(15)5-3-4-10-24-19-7-2-1-6-17(19)18(22)13-23;/h1-2,6-9,11,18,23H,3-5,10,13,21-22H2;1H. The summed E-state index contributed by atoms with van der Waals surface area (Å²) in [4.78, 5) is 0. The zero-order valence-electron chi connectivity index (χ0n) is 14.0. The summed E-state index contributed by atoms with van der Waals surface area (Å²) in [7, 11) is 0. The molecule has 0 radical (unpaired) electrons. The third-order valence-electron chi connectivity index (χ3n) is 3.86. The maximum Gasteiger partial charge on any atom is 0.124 e. The lowest BCUT2D eigenvalue weighted by atomic mass is 10.0. The van der Waals surface area contributed by atoms with Crippen molar-refractivity contribution in [1.29, 1.82) is 5.26 Å². The molecule has 1 unspecified atom stereocenters. The summed E-state index contributed by atoms with van der Waals surface area (Å²) in [6.07, 6.45) is 2.53. The van der Waals surface area contributed by atoms with Crippen molar-refractivity contribution < 1.29 is 9.84 Å². The Morgan fingerprint density at radius 3 is 2.64 bits per heavy atom. The summed E-state index contributed by atoms with van der Waals surface area (Å²) in [6.45, 7) is 0.437. The van der Waals surface area contributed by atoms with E-state index in [4.69, 9.17) is 21.5 Å². The molecule has 25 heavy (non-hydrogen) atoms. The van der Waals surface area contributed by atoms with E-state index >= 15 is 0 Å². The molecule has 0 aliphatic heterocycles. The minimum absolute atomic E-state index is 0. The summed E-state index contributed by atoms with van der Waals surface area (Å²) in [5.74, 6) is 0.709. The molecule has 0 heterocycles. The summed E-state index contributed by atoms with van der Waals surface area (Å²) in [5, 5.41) is 18.3. The zero-order valence-corrected chi connectivity index (χ0v) is 14.8. The van der Waals surface area contributed by atoms with Crippen LogP contribution in [0.4, 0.5) is 5.69 Å². The van der Waals surface area contributed by atoms with Crippen LogP contribution in [0.1, 0.15) is 35.6 Å². The molecule has 0 spiro atoms. The van der Waals surface area contributed by atoms with Gasteiger partial charge in [-0.25, -0.2) is 0 Å². The third kappa shape index (κ3) is 5.95. The average molecular weight is 362 g/mol. The van der Waals surface area contributed by atoms with Crippen molar-refractivity contribution in [3.8, 4) is 11.8 Å². The highest BCUT2D eigenvalue weighted by Gasteiger charge is 2.10. The van der Waals surface area contributed by atoms with Gasteiger partial charge in [-0.05, 0) is 49.1 Å². The van der Waals surface area contributed by atoms with Gasteiger partial charge in [0.1, 0.15) is 5.75 Å². The summed E-state index contributed by atoms with van der Waals surface area (Å²) in [6, 6.07) is 14.6. The average Bonchev–Trinajstić information content (AvgIpc) is 2.61. The number of nitriles is 1. The summed E-state index contributed by atoms with van der Waals surface area (Å²) >= 11 is 0. The minimum Gasteiger partial charge on any atom is -0.493 e. The van der Waals surface area contributed by atoms with Crippen molar-refractivity contribution in [2.45, 2.75) is 25.3 Å². The largest absolute Gasteiger partial charge is 0.493 e. The topological polar surface area (TPSA) is 105 Å². The van der Waals surface area contributed by atoms with E-state index in [1.807, 2.05) is 30.3 Å². The van der Waals surface area contributed by atoms with E-state index in [0.717, 1.165) is 30.4 Å². The molecule has 2 aromatic rings. The molecule has 6 heteroatoms. The van der Waals surface area contributed by atoms with Gasteiger partial charge in [-0.3, -0.25) is 0 Å². The van der Waals surface area contributed by atoms with Crippen molar-refractivity contribution in [1.82, 2.24) is 0 Å². The number of ether oxygens (including phenoxy) is 1. The molecule has 134 valence electrons. The molecule has 0 aromatic heterocycles. The van der Waals surface area contributed by atoms with E-state index < -0.39 is 6.04 Å². The van der Waals surface area contributed by atoms with Gasteiger partial charge in [0, 0.05) is 11.3 Å². The maximum absolute atomic E-state index is 9.20. The quantitative estimate of drug-likeness (QED) is 0.495. The first-order chi connectivity index (χ1) is 11.7. The number of rotatable bonds is 8. The van der Waals surface area contributed by atoms with Crippen molar-refractivity contribution >= 4 is 18.1 Å². The van der Waals surface area contributed by atoms with Crippen LogP contribution in [0.5, 0.6) is 5.75 Å². The number of nitrogens with two attached hydrogens (primary N) is 2. The predicted octanol–water partition coefficient (Wildman–Crippen LogP) is 2.96. The SMILES string of the molecule is Cl.N#Cc1ccc(N)cc1CCCCOc1ccccc1C(N)CO. The highest BCUT2D eigenvalue weighted by Crippen LogP contribution is 2.23. The predicted molar refractivity (Wildman–Crippen MR) is 102 cm³/mol. The van der Waals surface area contributed by atoms with E-state index in [0.29, 0.717) is 23.6 Å². The van der Waals surface area contributed by atoms with E-state index in [1.165, 1.54) is 0 Å².